The third-order valence-corrected chi connectivity index (χ3v) is 7.07. The maximum absolute atomic E-state index is 12.5. The second kappa shape index (κ2) is 19.4. The number of nitriles is 1. The number of nitrogens with zero attached hydrogens (tertiary/aromatic N) is 3. The van der Waals surface area contributed by atoms with Crippen LogP contribution in [0.5, 0.6) is 5.75 Å². The first-order valence-electron chi connectivity index (χ1n) is 15.5. The molecule has 224 valence electrons. The second-order valence-corrected chi connectivity index (χ2v) is 10.5. The summed E-state index contributed by atoms with van der Waals surface area (Å²) in [7, 11) is 0. The van der Waals surface area contributed by atoms with Gasteiger partial charge in [-0.3, -0.25) is 0 Å². The fourth-order valence-electron chi connectivity index (χ4n) is 4.51. The number of hydrogen-bond acceptors (Lipinski definition) is 7. The minimum atomic E-state index is -0.755. The number of hydrogen-bond donors (Lipinski definition) is 0. The maximum atomic E-state index is 12.5. The molecule has 1 atom stereocenters. The van der Waals surface area contributed by atoms with E-state index in [9.17, 15) is 10.1 Å². The Balaban J connectivity index is 1.42. The zero-order chi connectivity index (χ0) is 29.8. The van der Waals surface area contributed by atoms with Crippen LogP contribution in [-0.4, -0.2) is 41.9 Å². The van der Waals surface area contributed by atoms with Crippen molar-refractivity contribution in [1.29, 1.82) is 5.26 Å². The van der Waals surface area contributed by atoms with Gasteiger partial charge in [0.25, 0.3) is 0 Å². The van der Waals surface area contributed by atoms with Crippen molar-refractivity contribution < 1.29 is 19.0 Å². The highest BCUT2D eigenvalue weighted by atomic mass is 16.6. The van der Waals surface area contributed by atoms with Crippen LogP contribution in [-0.2, 0) is 9.47 Å². The zero-order valence-electron chi connectivity index (χ0n) is 25.2. The van der Waals surface area contributed by atoms with Gasteiger partial charge in [0.2, 0.25) is 0 Å². The Morgan fingerprint density at radius 3 is 1.88 bits per heavy atom. The number of carbonyl (C=O) groups is 1. The monoisotopic (exact) mass is 571 g/mol. The van der Waals surface area contributed by atoms with Gasteiger partial charge in [-0.2, -0.15) is 5.26 Å². The number of unbranched alkanes of at least 4 members (excludes halogenated alkanes) is 9. The third kappa shape index (κ3) is 11.6. The van der Waals surface area contributed by atoms with E-state index in [-0.39, 0.29) is 6.61 Å². The molecule has 1 aromatic heterocycles. The number of rotatable bonds is 20. The topological polar surface area (TPSA) is 94.3 Å². The quantitative estimate of drug-likeness (QED) is 0.0990. The smallest absolute Gasteiger partial charge is 0.338 e. The van der Waals surface area contributed by atoms with Gasteiger partial charge < -0.3 is 14.2 Å². The normalized spacial score (nSPS) is 11.5. The van der Waals surface area contributed by atoms with Crippen LogP contribution in [0, 0.1) is 11.3 Å². The van der Waals surface area contributed by atoms with Gasteiger partial charge in [0, 0.05) is 12.2 Å². The van der Waals surface area contributed by atoms with Gasteiger partial charge >= 0.3 is 5.97 Å². The van der Waals surface area contributed by atoms with Crippen LogP contribution < -0.4 is 4.74 Å². The van der Waals surface area contributed by atoms with Crippen molar-refractivity contribution in [3.05, 3.63) is 66.5 Å². The van der Waals surface area contributed by atoms with Gasteiger partial charge in [0.1, 0.15) is 6.61 Å². The molecule has 0 aliphatic rings. The van der Waals surface area contributed by atoms with Crippen molar-refractivity contribution in [2.75, 3.05) is 19.8 Å². The molecule has 0 saturated carbocycles. The van der Waals surface area contributed by atoms with Gasteiger partial charge in [-0.05, 0) is 36.1 Å². The summed E-state index contributed by atoms with van der Waals surface area (Å²) in [6.45, 7) is 5.51. The van der Waals surface area contributed by atoms with Crippen molar-refractivity contribution in [2.45, 2.75) is 90.6 Å². The molecule has 0 saturated heterocycles. The number of esters is 1. The van der Waals surface area contributed by atoms with Gasteiger partial charge in [0.15, 0.2) is 17.7 Å². The van der Waals surface area contributed by atoms with Crippen LogP contribution in [0.25, 0.3) is 22.5 Å². The summed E-state index contributed by atoms with van der Waals surface area (Å²) in [5.41, 5.74) is 3.32. The minimum absolute atomic E-state index is 0.0802. The molecule has 3 rings (SSSR count). The zero-order valence-corrected chi connectivity index (χ0v) is 25.2. The SMILES string of the molecule is CCCCCCCCCOC(C#N)COC(=O)c1ccc(-c2ccc(-c3ncc(OCCCCCC)cn3)cc2)cc1. The van der Waals surface area contributed by atoms with E-state index in [1.54, 1.807) is 24.5 Å². The fraction of sp³-hybridized carbons (Fsp3) is 0.486. The third-order valence-electron chi connectivity index (χ3n) is 7.07. The summed E-state index contributed by atoms with van der Waals surface area (Å²) in [6, 6.07) is 17.3. The van der Waals surface area contributed by atoms with Crippen LogP contribution in [0.2, 0.25) is 0 Å². The van der Waals surface area contributed by atoms with E-state index in [1.807, 2.05) is 36.4 Å². The summed E-state index contributed by atoms with van der Waals surface area (Å²) in [4.78, 5) is 21.4. The standard InChI is InChI=1S/C35H45N3O4/c1-3-5-7-9-10-11-13-22-40-32(24-36)27-42-35(39)31-20-16-29(17-21-31)28-14-18-30(19-15-28)34-37-25-33(26-38-34)41-23-12-8-6-4-2/h14-21,25-26,32H,3-13,22-23,27H2,1-2H3. The van der Waals surface area contributed by atoms with E-state index in [0.717, 1.165) is 36.0 Å². The van der Waals surface area contributed by atoms with Crippen molar-refractivity contribution in [3.8, 4) is 34.3 Å². The number of ether oxygens (including phenoxy) is 3. The minimum Gasteiger partial charge on any atom is -0.490 e. The van der Waals surface area contributed by atoms with E-state index < -0.39 is 12.1 Å². The molecule has 7 nitrogen and oxygen atoms in total. The van der Waals surface area contributed by atoms with Crippen molar-refractivity contribution in [2.24, 2.45) is 0 Å². The Kier molecular flexibility index (Phi) is 15.1. The lowest BCUT2D eigenvalue weighted by atomic mass is 10.0. The van der Waals surface area contributed by atoms with Crippen LogP contribution in [0.3, 0.4) is 0 Å². The molecule has 0 N–H and O–H groups in total. The maximum Gasteiger partial charge on any atom is 0.338 e. The Morgan fingerprint density at radius 2 is 1.26 bits per heavy atom. The molecule has 3 aromatic rings. The fourth-order valence-corrected chi connectivity index (χ4v) is 4.51. The van der Waals surface area contributed by atoms with Crippen molar-refractivity contribution >= 4 is 5.97 Å². The summed E-state index contributed by atoms with van der Waals surface area (Å²) < 4.78 is 16.7. The molecular weight excluding hydrogens is 526 g/mol. The molecule has 1 heterocycles. The molecule has 0 amide bonds. The predicted molar refractivity (Wildman–Crippen MR) is 166 cm³/mol. The highest BCUT2D eigenvalue weighted by Crippen LogP contribution is 2.24. The summed E-state index contributed by atoms with van der Waals surface area (Å²) in [6.07, 6.45) is 15.6. The molecule has 0 fully saturated rings. The first kappa shape index (κ1) is 32.8. The van der Waals surface area contributed by atoms with E-state index in [2.05, 4.69) is 29.9 Å². The largest absolute Gasteiger partial charge is 0.490 e. The molecule has 1 unspecified atom stereocenters. The lowest BCUT2D eigenvalue weighted by Crippen LogP contribution is -2.21. The number of aromatic nitrogens is 2. The Morgan fingerprint density at radius 1 is 0.738 bits per heavy atom. The molecule has 7 heteroatoms. The van der Waals surface area contributed by atoms with Crippen molar-refractivity contribution in [1.82, 2.24) is 9.97 Å². The second-order valence-electron chi connectivity index (χ2n) is 10.5. The number of benzene rings is 2. The average molecular weight is 572 g/mol. The summed E-state index contributed by atoms with van der Waals surface area (Å²) >= 11 is 0. The van der Waals surface area contributed by atoms with E-state index in [1.165, 1.54) is 51.4 Å². The Hall–Kier alpha value is -3.76. The Bertz CT molecular complexity index is 1200. The summed E-state index contributed by atoms with van der Waals surface area (Å²) in [5, 5.41) is 9.35. The molecule has 0 aliphatic carbocycles. The van der Waals surface area contributed by atoms with Gasteiger partial charge in [-0.15, -0.1) is 0 Å². The lowest BCUT2D eigenvalue weighted by molar-refractivity contribution is 0.0119. The predicted octanol–water partition coefficient (Wildman–Crippen LogP) is 8.59. The van der Waals surface area contributed by atoms with E-state index in [4.69, 9.17) is 14.2 Å². The average Bonchev–Trinajstić information content (AvgIpc) is 3.04. The van der Waals surface area contributed by atoms with Gasteiger partial charge in [-0.1, -0.05) is 108 Å². The van der Waals surface area contributed by atoms with Crippen molar-refractivity contribution in [3.63, 3.8) is 0 Å². The molecule has 0 bridgehead atoms. The first-order chi connectivity index (χ1) is 20.6. The molecule has 0 aliphatic heterocycles. The molecule has 42 heavy (non-hydrogen) atoms. The van der Waals surface area contributed by atoms with Crippen LogP contribution in [0.15, 0.2) is 60.9 Å². The van der Waals surface area contributed by atoms with Crippen LogP contribution >= 0.6 is 0 Å². The molecule has 2 aromatic carbocycles. The van der Waals surface area contributed by atoms with Crippen LogP contribution in [0.1, 0.15) is 94.8 Å². The van der Waals surface area contributed by atoms with Gasteiger partial charge in [-0.25, -0.2) is 14.8 Å². The van der Waals surface area contributed by atoms with Crippen LogP contribution in [0.4, 0.5) is 0 Å². The lowest BCUT2D eigenvalue weighted by Gasteiger charge is -2.12. The molecule has 0 radical (unpaired) electrons. The van der Waals surface area contributed by atoms with E-state index in [0.29, 0.717) is 30.4 Å². The Labute approximate surface area is 251 Å². The highest BCUT2D eigenvalue weighted by Gasteiger charge is 2.14. The summed E-state index contributed by atoms with van der Waals surface area (Å²) in [5.74, 6) is 0.854. The highest BCUT2D eigenvalue weighted by molar-refractivity contribution is 5.90. The first-order valence-corrected chi connectivity index (χ1v) is 15.5. The molecular formula is C35H45N3O4. The number of carbonyl (C=O) groups excluding carboxylic acids is 1. The molecule has 0 spiro atoms. The van der Waals surface area contributed by atoms with E-state index >= 15 is 0 Å². The van der Waals surface area contributed by atoms with Gasteiger partial charge in [0.05, 0.1) is 30.6 Å².